The SMILES string of the molecule is OCC1(c2cc(Br)ccc2O)CCC1. The molecule has 14 heavy (non-hydrogen) atoms. The molecular weight excluding hydrogens is 244 g/mol. The molecule has 0 bridgehead atoms. The first-order chi connectivity index (χ1) is 6.68. The van der Waals surface area contributed by atoms with E-state index in [1.54, 1.807) is 6.07 Å². The summed E-state index contributed by atoms with van der Waals surface area (Å²) in [7, 11) is 0. The predicted octanol–water partition coefficient (Wildman–Crippen LogP) is 2.57. The summed E-state index contributed by atoms with van der Waals surface area (Å²) in [5, 5.41) is 19.1. The van der Waals surface area contributed by atoms with Crippen molar-refractivity contribution in [2.75, 3.05) is 6.61 Å². The Kier molecular flexibility index (Phi) is 2.54. The predicted molar refractivity (Wildman–Crippen MR) is 58.4 cm³/mol. The largest absolute Gasteiger partial charge is 0.508 e. The molecule has 2 rings (SSSR count). The number of phenols is 1. The molecule has 0 unspecified atom stereocenters. The maximum atomic E-state index is 9.73. The van der Waals surface area contributed by atoms with Crippen molar-refractivity contribution >= 4 is 15.9 Å². The minimum Gasteiger partial charge on any atom is -0.508 e. The van der Waals surface area contributed by atoms with Gasteiger partial charge in [-0.3, -0.25) is 0 Å². The second-order valence-electron chi connectivity index (χ2n) is 3.95. The van der Waals surface area contributed by atoms with E-state index in [0.29, 0.717) is 5.75 Å². The number of benzene rings is 1. The molecule has 0 aromatic heterocycles. The summed E-state index contributed by atoms with van der Waals surface area (Å²) in [6.45, 7) is 0.122. The lowest BCUT2D eigenvalue weighted by molar-refractivity contribution is 0.117. The highest BCUT2D eigenvalue weighted by atomic mass is 79.9. The summed E-state index contributed by atoms with van der Waals surface area (Å²) in [5.74, 6) is 0.293. The van der Waals surface area contributed by atoms with Gasteiger partial charge < -0.3 is 10.2 Å². The van der Waals surface area contributed by atoms with Crippen molar-refractivity contribution in [2.45, 2.75) is 24.7 Å². The average molecular weight is 257 g/mol. The monoisotopic (exact) mass is 256 g/mol. The smallest absolute Gasteiger partial charge is 0.119 e. The zero-order valence-electron chi connectivity index (χ0n) is 7.83. The molecule has 1 fully saturated rings. The van der Waals surface area contributed by atoms with Crippen LogP contribution >= 0.6 is 15.9 Å². The lowest BCUT2D eigenvalue weighted by Gasteiger charge is -2.41. The topological polar surface area (TPSA) is 40.5 Å². The van der Waals surface area contributed by atoms with Gasteiger partial charge in [0.2, 0.25) is 0 Å². The zero-order chi connectivity index (χ0) is 10.2. The number of aromatic hydroxyl groups is 1. The number of hydrogen-bond acceptors (Lipinski definition) is 2. The van der Waals surface area contributed by atoms with Crippen molar-refractivity contribution < 1.29 is 10.2 Å². The van der Waals surface area contributed by atoms with Crippen LogP contribution in [-0.2, 0) is 5.41 Å². The first kappa shape index (κ1) is 9.99. The van der Waals surface area contributed by atoms with Gasteiger partial charge in [0, 0.05) is 15.5 Å². The van der Waals surface area contributed by atoms with E-state index in [0.717, 1.165) is 29.3 Å². The van der Waals surface area contributed by atoms with Crippen LogP contribution in [-0.4, -0.2) is 16.8 Å². The lowest BCUT2D eigenvalue weighted by Crippen LogP contribution is -2.37. The van der Waals surface area contributed by atoms with E-state index < -0.39 is 0 Å². The summed E-state index contributed by atoms with van der Waals surface area (Å²) >= 11 is 3.38. The van der Waals surface area contributed by atoms with Gasteiger partial charge in [-0.2, -0.15) is 0 Å². The molecule has 0 saturated heterocycles. The number of rotatable bonds is 2. The molecule has 1 aliphatic carbocycles. The summed E-state index contributed by atoms with van der Waals surface area (Å²) in [4.78, 5) is 0. The molecule has 0 amide bonds. The van der Waals surface area contributed by atoms with Crippen LogP contribution in [0.25, 0.3) is 0 Å². The molecule has 1 aromatic rings. The maximum Gasteiger partial charge on any atom is 0.119 e. The molecule has 2 N–H and O–H groups in total. The van der Waals surface area contributed by atoms with Crippen LogP contribution in [0.15, 0.2) is 22.7 Å². The van der Waals surface area contributed by atoms with E-state index in [4.69, 9.17) is 0 Å². The van der Waals surface area contributed by atoms with Gasteiger partial charge in [0.1, 0.15) is 5.75 Å². The second-order valence-corrected chi connectivity index (χ2v) is 4.87. The maximum absolute atomic E-state index is 9.73. The molecule has 76 valence electrons. The van der Waals surface area contributed by atoms with E-state index in [1.807, 2.05) is 12.1 Å². The number of halogens is 1. The standard InChI is InChI=1S/C11H13BrO2/c12-8-2-3-10(14)9(6-8)11(7-13)4-1-5-11/h2-3,6,13-14H,1,4-5,7H2. The lowest BCUT2D eigenvalue weighted by atomic mass is 9.65. The molecule has 0 spiro atoms. The highest BCUT2D eigenvalue weighted by Gasteiger charge is 2.39. The number of hydrogen-bond donors (Lipinski definition) is 2. The Morgan fingerprint density at radius 2 is 2.07 bits per heavy atom. The van der Waals surface area contributed by atoms with Crippen molar-refractivity contribution in [1.29, 1.82) is 0 Å². The van der Waals surface area contributed by atoms with Crippen LogP contribution in [0, 0.1) is 0 Å². The molecule has 0 heterocycles. The van der Waals surface area contributed by atoms with Gasteiger partial charge in [0.15, 0.2) is 0 Å². The quantitative estimate of drug-likeness (QED) is 0.854. The minimum atomic E-state index is -0.187. The van der Waals surface area contributed by atoms with Crippen molar-refractivity contribution in [3.63, 3.8) is 0 Å². The van der Waals surface area contributed by atoms with Gasteiger partial charge in [-0.1, -0.05) is 22.4 Å². The highest BCUT2D eigenvalue weighted by molar-refractivity contribution is 9.10. The Hall–Kier alpha value is -0.540. The van der Waals surface area contributed by atoms with Crippen molar-refractivity contribution in [2.24, 2.45) is 0 Å². The van der Waals surface area contributed by atoms with Gasteiger partial charge in [0.25, 0.3) is 0 Å². The van der Waals surface area contributed by atoms with Crippen molar-refractivity contribution in [3.8, 4) is 5.75 Å². The average Bonchev–Trinajstić information content (AvgIpc) is 2.10. The number of phenolic OH excluding ortho intramolecular Hbond substituents is 1. The van der Waals surface area contributed by atoms with Gasteiger partial charge in [-0.25, -0.2) is 0 Å². The second kappa shape index (κ2) is 3.55. The number of aliphatic hydroxyl groups excluding tert-OH is 1. The molecule has 0 radical (unpaired) electrons. The van der Waals surface area contributed by atoms with Crippen LogP contribution < -0.4 is 0 Å². The van der Waals surface area contributed by atoms with Gasteiger partial charge in [-0.05, 0) is 31.0 Å². The van der Waals surface area contributed by atoms with E-state index in [-0.39, 0.29) is 12.0 Å². The Labute approximate surface area is 91.7 Å². The van der Waals surface area contributed by atoms with Gasteiger partial charge in [0.05, 0.1) is 6.61 Å². The molecule has 1 aromatic carbocycles. The highest BCUT2D eigenvalue weighted by Crippen LogP contribution is 2.47. The Morgan fingerprint density at radius 3 is 2.57 bits per heavy atom. The zero-order valence-corrected chi connectivity index (χ0v) is 9.42. The van der Waals surface area contributed by atoms with Crippen LogP contribution in [0.3, 0.4) is 0 Å². The van der Waals surface area contributed by atoms with Crippen molar-refractivity contribution in [3.05, 3.63) is 28.2 Å². The van der Waals surface area contributed by atoms with Crippen LogP contribution in [0.4, 0.5) is 0 Å². The normalized spacial score (nSPS) is 19.0. The molecule has 2 nitrogen and oxygen atoms in total. The minimum absolute atomic E-state index is 0.122. The van der Waals surface area contributed by atoms with Crippen molar-refractivity contribution in [1.82, 2.24) is 0 Å². The fourth-order valence-corrected chi connectivity index (χ4v) is 2.41. The Bertz CT molecular complexity index is 340. The molecular formula is C11H13BrO2. The van der Waals surface area contributed by atoms with Crippen LogP contribution in [0.1, 0.15) is 24.8 Å². The van der Waals surface area contributed by atoms with Crippen LogP contribution in [0.5, 0.6) is 5.75 Å². The molecule has 1 aliphatic rings. The van der Waals surface area contributed by atoms with E-state index in [9.17, 15) is 10.2 Å². The number of aliphatic hydroxyl groups is 1. The first-order valence-electron chi connectivity index (χ1n) is 4.78. The summed E-state index contributed by atoms with van der Waals surface area (Å²) in [6.07, 6.45) is 3.06. The summed E-state index contributed by atoms with van der Waals surface area (Å²) in [5.41, 5.74) is 0.689. The third kappa shape index (κ3) is 1.44. The van der Waals surface area contributed by atoms with E-state index in [2.05, 4.69) is 15.9 Å². The van der Waals surface area contributed by atoms with Crippen LogP contribution in [0.2, 0.25) is 0 Å². The third-order valence-electron chi connectivity index (χ3n) is 3.14. The molecule has 1 saturated carbocycles. The third-order valence-corrected chi connectivity index (χ3v) is 3.64. The van der Waals surface area contributed by atoms with E-state index >= 15 is 0 Å². The fraction of sp³-hybridized carbons (Fsp3) is 0.455. The fourth-order valence-electron chi connectivity index (χ4n) is 2.05. The van der Waals surface area contributed by atoms with E-state index in [1.165, 1.54) is 0 Å². The Balaban J connectivity index is 2.43. The molecule has 0 atom stereocenters. The van der Waals surface area contributed by atoms with Gasteiger partial charge >= 0.3 is 0 Å². The molecule has 3 heteroatoms. The first-order valence-corrected chi connectivity index (χ1v) is 5.57. The molecule has 0 aliphatic heterocycles. The van der Waals surface area contributed by atoms with Gasteiger partial charge in [-0.15, -0.1) is 0 Å². The summed E-state index contributed by atoms with van der Waals surface area (Å²) < 4.78 is 0.949. The summed E-state index contributed by atoms with van der Waals surface area (Å²) in [6, 6.07) is 5.39. The Morgan fingerprint density at radius 1 is 1.36 bits per heavy atom.